The maximum atomic E-state index is 9.03. The maximum Gasteiger partial charge on any atom is 0.0464 e. The van der Waals surface area contributed by atoms with Gasteiger partial charge in [-0.15, -0.1) is 0 Å². The van der Waals surface area contributed by atoms with Gasteiger partial charge in [-0.2, -0.15) is 0 Å². The van der Waals surface area contributed by atoms with Crippen LogP contribution in [0.5, 0.6) is 0 Å². The molecule has 0 aromatic heterocycles. The van der Waals surface area contributed by atoms with E-state index >= 15 is 0 Å². The number of hydrogen-bond acceptors (Lipinski definition) is 1. The molecule has 1 nitrogen and oxygen atoms in total. The van der Waals surface area contributed by atoms with Gasteiger partial charge in [0.25, 0.3) is 0 Å². The van der Waals surface area contributed by atoms with Gasteiger partial charge in [0, 0.05) is 6.61 Å². The van der Waals surface area contributed by atoms with Crippen molar-refractivity contribution < 1.29 is 5.11 Å². The quantitative estimate of drug-likeness (QED) is 0.639. The van der Waals surface area contributed by atoms with Gasteiger partial charge in [-0.25, -0.2) is 0 Å². The Labute approximate surface area is 63.4 Å². The first-order valence-corrected chi connectivity index (χ1v) is 4.36. The van der Waals surface area contributed by atoms with E-state index in [1.54, 1.807) is 0 Å². The first kappa shape index (κ1) is 8.06. The average molecular weight is 142 g/mol. The molecule has 10 heavy (non-hydrogen) atoms. The van der Waals surface area contributed by atoms with Gasteiger partial charge in [-0.1, -0.05) is 33.1 Å². The van der Waals surface area contributed by atoms with Crippen LogP contribution in [0.25, 0.3) is 0 Å². The van der Waals surface area contributed by atoms with Crippen LogP contribution in [-0.2, 0) is 0 Å². The van der Waals surface area contributed by atoms with Gasteiger partial charge in [0.2, 0.25) is 0 Å². The van der Waals surface area contributed by atoms with E-state index in [0.717, 1.165) is 5.92 Å². The molecule has 0 aromatic rings. The van der Waals surface area contributed by atoms with Crippen molar-refractivity contribution in [2.45, 2.75) is 33.1 Å². The number of rotatable bonds is 3. The number of hydrogen-bond donors (Lipinski definition) is 1. The molecular formula is C9H18O. The summed E-state index contributed by atoms with van der Waals surface area (Å²) >= 11 is 0. The molecule has 0 heterocycles. The fourth-order valence-corrected chi connectivity index (χ4v) is 1.77. The van der Waals surface area contributed by atoms with E-state index in [9.17, 15) is 0 Å². The minimum atomic E-state index is 0.391. The number of aliphatic hydroxyl groups is 1. The summed E-state index contributed by atoms with van der Waals surface area (Å²) in [6.07, 6.45) is 4.08. The summed E-state index contributed by atoms with van der Waals surface area (Å²) in [7, 11) is 0. The molecule has 1 unspecified atom stereocenters. The van der Waals surface area contributed by atoms with Crippen molar-refractivity contribution in [1.29, 1.82) is 0 Å². The molecule has 1 saturated carbocycles. The highest BCUT2D eigenvalue weighted by atomic mass is 16.3. The zero-order valence-electron chi connectivity index (χ0n) is 7.01. The molecule has 0 bridgehead atoms. The van der Waals surface area contributed by atoms with Gasteiger partial charge in [-0.3, -0.25) is 0 Å². The molecule has 0 spiro atoms. The van der Waals surface area contributed by atoms with E-state index in [1.807, 2.05) is 0 Å². The summed E-state index contributed by atoms with van der Waals surface area (Å²) in [5, 5.41) is 9.03. The highest BCUT2D eigenvalue weighted by molar-refractivity contribution is 4.78. The van der Waals surface area contributed by atoms with Crippen molar-refractivity contribution in [3.8, 4) is 0 Å². The molecule has 0 radical (unpaired) electrons. The molecule has 0 saturated heterocycles. The van der Waals surface area contributed by atoms with Crippen LogP contribution in [0.4, 0.5) is 0 Å². The Morgan fingerprint density at radius 2 is 2.00 bits per heavy atom. The van der Waals surface area contributed by atoms with E-state index < -0.39 is 0 Å². The van der Waals surface area contributed by atoms with Gasteiger partial charge < -0.3 is 5.11 Å². The molecule has 1 rings (SSSR count). The second-order valence-corrected chi connectivity index (χ2v) is 3.78. The second-order valence-electron chi connectivity index (χ2n) is 3.78. The summed E-state index contributed by atoms with van der Waals surface area (Å²) in [4.78, 5) is 0. The van der Waals surface area contributed by atoms with E-state index in [-0.39, 0.29) is 0 Å². The maximum absolute atomic E-state index is 9.03. The number of aliphatic hydroxyl groups excluding tert-OH is 1. The van der Waals surface area contributed by atoms with Crippen molar-refractivity contribution >= 4 is 0 Å². The molecule has 1 atom stereocenters. The molecule has 0 amide bonds. The molecule has 0 aromatic carbocycles. The minimum absolute atomic E-state index is 0.391. The highest BCUT2D eigenvalue weighted by Crippen LogP contribution is 2.36. The third-order valence-electron chi connectivity index (χ3n) is 2.82. The predicted octanol–water partition coefficient (Wildman–Crippen LogP) is 2.05. The van der Waals surface area contributed by atoms with Crippen LogP contribution in [0.1, 0.15) is 33.1 Å². The van der Waals surface area contributed by atoms with E-state index in [1.165, 1.54) is 19.3 Å². The van der Waals surface area contributed by atoms with Crippen LogP contribution in [0.15, 0.2) is 0 Å². The average Bonchev–Trinajstić information content (AvgIpc) is 1.76. The van der Waals surface area contributed by atoms with Crippen LogP contribution in [-0.4, -0.2) is 11.7 Å². The Morgan fingerprint density at radius 1 is 1.40 bits per heavy atom. The summed E-state index contributed by atoms with van der Waals surface area (Å²) in [5.74, 6) is 2.08. The lowest BCUT2D eigenvalue weighted by atomic mass is 9.72. The summed E-state index contributed by atoms with van der Waals surface area (Å²) in [6.45, 7) is 4.81. The Hall–Kier alpha value is -0.0400. The molecule has 1 aliphatic rings. The molecular weight excluding hydrogens is 124 g/mol. The standard InChI is InChI=1S/C9H18O/c1-7(2)9(6-10)8-4-3-5-8/h7-10H,3-6H2,1-2H3. The van der Waals surface area contributed by atoms with E-state index in [2.05, 4.69) is 13.8 Å². The van der Waals surface area contributed by atoms with Gasteiger partial charge >= 0.3 is 0 Å². The lowest BCUT2D eigenvalue weighted by Gasteiger charge is -2.35. The summed E-state index contributed by atoms with van der Waals surface area (Å²) < 4.78 is 0. The van der Waals surface area contributed by atoms with E-state index in [4.69, 9.17) is 5.11 Å². The summed E-state index contributed by atoms with van der Waals surface area (Å²) in [6, 6.07) is 0. The van der Waals surface area contributed by atoms with Gasteiger partial charge in [0.15, 0.2) is 0 Å². The highest BCUT2D eigenvalue weighted by Gasteiger charge is 2.28. The largest absolute Gasteiger partial charge is 0.396 e. The minimum Gasteiger partial charge on any atom is -0.396 e. The Kier molecular flexibility index (Phi) is 2.72. The van der Waals surface area contributed by atoms with Gasteiger partial charge in [0.05, 0.1) is 0 Å². The van der Waals surface area contributed by atoms with Crippen LogP contribution in [0.3, 0.4) is 0 Å². The normalized spacial score (nSPS) is 22.8. The van der Waals surface area contributed by atoms with Crippen LogP contribution in [0, 0.1) is 17.8 Å². The molecule has 60 valence electrons. The van der Waals surface area contributed by atoms with Crippen molar-refractivity contribution in [3.63, 3.8) is 0 Å². The zero-order valence-corrected chi connectivity index (χ0v) is 7.01. The Morgan fingerprint density at radius 3 is 2.10 bits per heavy atom. The van der Waals surface area contributed by atoms with Crippen molar-refractivity contribution in [2.24, 2.45) is 17.8 Å². The lowest BCUT2D eigenvalue weighted by Crippen LogP contribution is -2.28. The Balaban J connectivity index is 2.31. The van der Waals surface area contributed by atoms with Crippen LogP contribution >= 0.6 is 0 Å². The fourth-order valence-electron chi connectivity index (χ4n) is 1.77. The lowest BCUT2D eigenvalue weighted by molar-refractivity contribution is 0.0888. The van der Waals surface area contributed by atoms with Crippen molar-refractivity contribution in [3.05, 3.63) is 0 Å². The smallest absolute Gasteiger partial charge is 0.0464 e. The predicted molar refractivity (Wildman–Crippen MR) is 42.8 cm³/mol. The zero-order chi connectivity index (χ0) is 7.56. The fraction of sp³-hybridized carbons (Fsp3) is 1.00. The first-order valence-electron chi connectivity index (χ1n) is 4.36. The van der Waals surface area contributed by atoms with Gasteiger partial charge in [0.1, 0.15) is 0 Å². The molecule has 1 N–H and O–H groups in total. The van der Waals surface area contributed by atoms with E-state index in [0.29, 0.717) is 18.4 Å². The Bertz CT molecular complexity index is 94.9. The first-order chi connectivity index (χ1) is 4.75. The molecule has 1 heteroatoms. The van der Waals surface area contributed by atoms with Crippen molar-refractivity contribution in [1.82, 2.24) is 0 Å². The topological polar surface area (TPSA) is 20.2 Å². The summed E-state index contributed by atoms with van der Waals surface area (Å²) in [5.41, 5.74) is 0. The van der Waals surface area contributed by atoms with Crippen molar-refractivity contribution in [2.75, 3.05) is 6.61 Å². The van der Waals surface area contributed by atoms with Crippen LogP contribution < -0.4 is 0 Å². The third kappa shape index (κ3) is 1.51. The van der Waals surface area contributed by atoms with Gasteiger partial charge in [-0.05, 0) is 17.8 Å². The monoisotopic (exact) mass is 142 g/mol. The molecule has 1 fully saturated rings. The third-order valence-corrected chi connectivity index (χ3v) is 2.82. The molecule has 1 aliphatic carbocycles. The SMILES string of the molecule is CC(C)C(CO)C1CCC1. The van der Waals surface area contributed by atoms with Crippen LogP contribution in [0.2, 0.25) is 0 Å². The molecule has 0 aliphatic heterocycles. The second kappa shape index (κ2) is 3.38.